The van der Waals surface area contributed by atoms with Gasteiger partial charge in [0.25, 0.3) is 5.91 Å². The Morgan fingerprint density at radius 3 is 2.04 bits per heavy atom. The highest BCUT2D eigenvalue weighted by molar-refractivity contribution is 7.90. The second-order valence-electron chi connectivity index (χ2n) is 7.93. The van der Waals surface area contributed by atoms with Gasteiger partial charge in [-0.1, -0.05) is 43.9 Å². The third-order valence-electron chi connectivity index (χ3n) is 5.98. The lowest BCUT2D eigenvalue weighted by Gasteiger charge is -2.34. The van der Waals surface area contributed by atoms with E-state index in [0.717, 1.165) is 25.7 Å². The summed E-state index contributed by atoms with van der Waals surface area (Å²) in [5, 5.41) is 0. The average molecular weight is 402 g/mol. The molecule has 2 aliphatic rings. The van der Waals surface area contributed by atoms with Gasteiger partial charge in [-0.15, -0.1) is 0 Å². The number of hydrogen-bond donors (Lipinski definition) is 0. The van der Waals surface area contributed by atoms with E-state index in [2.05, 4.69) is 0 Å². The molecule has 0 aliphatic heterocycles. The number of rotatable bonds is 6. The van der Waals surface area contributed by atoms with E-state index >= 15 is 0 Å². The van der Waals surface area contributed by atoms with E-state index in [1.165, 1.54) is 25.7 Å². The van der Waals surface area contributed by atoms with E-state index in [1.54, 1.807) is 42.5 Å². The van der Waals surface area contributed by atoms with Gasteiger partial charge >= 0.3 is 0 Å². The summed E-state index contributed by atoms with van der Waals surface area (Å²) in [6.45, 7) is 0. The zero-order chi connectivity index (χ0) is 19.6. The van der Waals surface area contributed by atoms with Crippen LogP contribution in [0.2, 0.25) is 0 Å². The lowest BCUT2D eigenvalue weighted by molar-refractivity contribution is 0.0546. The second-order valence-corrected chi connectivity index (χ2v) is 9.92. The van der Waals surface area contributed by atoms with Crippen LogP contribution < -0.4 is 0 Å². The van der Waals surface area contributed by atoms with Crippen molar-refractivity contribution in [3.8, 4) is 0 Å². The maximum atomic E-state index is 13.3. The van der Waals surface area contributed by atoms with Crippen LogP contribution in [-0.4, -0.2) is 31.3 Å². The Balaban J connectivity index is 1.53. The average Bonchev–Trinajstić information content (AvgIpc) is 3.46. The van der Waals surface area contributed by atoms with Crippen LogP contribution in [0, 0.1) is 0 Å². The van der Waals surface area contributed by atoms with Crippen molar-refractivity contribution >= 4 is 15.7 Å². The van der Waals surface area contributed by atoms with Crippen LogP contribution >= 0.6 is 0 Å². The maximum absolute atomic E-state index is 13.3. The molecule has 0 spiro atoms. The zero-order valence-electron chi connectivity index (χ0n) is 16.0. The highest BCUT2D eigenvalue weighted by atomic mass is 32.2. The van der Waals surface area contributed by atoms with Gasteiger partial charge in [0, 0.05) is 12.1 Å². The molecule has 6 heteroatoms. The van der Waals surface area contributed by atoms with Gasteiger partial charge in [0.05, 0.1) is 4.90 Å². The van der Waals surface area contributed by atoms with Gasteiger partial charge in [-0.25, -0.2) is 8.42 Å². The lowest BCUT2D eigenvalue weighted by atomic mass is 10.1. The topological polar surface area (TPSA) is 67.6 Å². The van der Waals surface area contributed by atoms with E-state index in [1.807, 2.05) is 4.90 Å². The van der Waals surface area contributed by atoms with Crippen molar-refractivity contribution < 1.29 is 17.6 Å². The first-order valence-corrected chi connectivity index (χ1v) is 11.9. The van der Waals surface area contributed by atoms with E-state index in [9.17, 15) is 13.2 Å². The van der Waals surface area contributed by atoms with Crippen LogP contribution in [0.1, 0.15) is 67.7 Å². The van der Waals surface area contributed by atoms with E-state index in [-0.39, 0.29) is 34.4 Å². The molecular formula is C22H27NO4S. The summed E-state index contributed by atoms with van der Waals surface area (Å²) >= 11 is 0. The van der Waals surface area contributed by atoms with Gasteiger partial charge < -0.3 is 9.32 Å². The monoisotopic (exact) mass is 401 g/mol. The Bertz CT molecular complexity index is 891. The quantitative estimate of drug-likeness (QED) is 0.710. The minimum Gasteiger partial charge on any atom is -0.455 e. The molecule has 2 fully saturated rings. The molecule has 2 saturated carbocycles. The maximum Gasteiger partial charge on any atom is 0.290 e. The molecule has 0 bridgehead atoms. The van der Waals surface area contributed by atoms with Crippen LogP contribution in [0.15, 0.2) is 51.8 Å². The molecule has 1 heterocycles. The fourth-order valence-electron chi connectivity index (χ4n) is 4.59. The van der Waals surface area contributed by atoms with Gasteiger partial charge in [-0.2, -0.15) is 0 Å². The fourth-order valence-corrected chi connectivity index (χ4v) is 5.86. The van der Waals surface area contributed by atoms with Crippen molar-refractivity contribution in [1.29, 1.82) is 0 Å². The highest BCUT2D eigenvalue weighted by Crippen LogP contribution is 2.33. The summed E-state index contributed by atoms with van der Waals surface area (Å²) in [6, 6.07) is 12.2. The Morgan fingerprint density at radius 2 is 1.46 bits per heavy atom. The summed E-state index contributed by atoms with van der Waals surface area (Å²) in [5.74, 6) is 0.251. The first-order chi connectivity index (χ1) is 13.5. The number of sulfone groups is 1. The number of carbonyl (C=O) groups is 1. The Morgan fingerprint density at radius 1 is 0.893 bits per heavy atom. The number of benzene rings is 1. The van der Waals surface area contributed by atoms with E-state index in [4.69, 9.17) is 4.42 Å². The summed E-state index contributed by atoms with van der Waals surface area (Å²) in [6.07, 6.45) is 8.88. The molecule has 150 valence electrons. The molecule has 5 nitrogen and oxygen atoms in total. The van der Waals surface area contributed by atoms with Crippen LogP contribution in [-0.2, 0) is 15.6 Å². The third kappa shape index (κ3) is 4.02. The minimum atomic E-state index is -3.50. The van der Waals surface area contributed by atoms with Crippen molar-refractivity contribution in [1.82, 2.24) is 4.90 Å². The van der Waals surface area contributed by atoms with Gasteiger partial charge in [-0.3, -0.25) is 4.79 Å². The van der Waals surface area contributed by atoms with Crippen molar-refractivity contribution in [2.24, 2.45) is 0 Å². The van der Waals surface area contributed by atoms with Crippen molar-refractivity contribution in [3.05, 3.63) is 54.0 Å². The zero-order valence-corrected chi connectivity index (χ0v) is 16.9. The normalized spacial score (nSPS) is 18.6. The molecule has 4 rings (SSSR count). The fraction of sp³-hybridized carbons (Fsp3) is 0.500. The number of amides is 1. The van der Waals surface area contributed by atoms with Gasteiger partial charge in [0.1, 0.15) is 11.5 Å². The Kier molecular flexibility index (Phi) is 5.58. The van der Waals surface area contributed by atoms with Crippen LogP contribution in [0.5, 0.6) is 0 Å². The number of carbonyl (C=O) groups excluding carboxylic acids is 1. The van der Waals surface area contributed by atoms with Crippen molar-refractivity contribution in [2.45, 2.75) is 74.1 Å². The van der Waals surface area contributed by atoms with E-state index in [0.29, 0.717) is 5.76 Å². The molecule has 1 aromatic heterocycles. The van der Waals surface area contributed by atoms with Crippen LogP contribution in [0.3, 0.4) is 0 Å². The number of furan rings is 1. The third-order valence-corrected chi connectivity index (χ3v) is 7.63. The minimum absolute atomic E-state index is 0.0813. The second kappa shape index (κ2) is 8.11. The largest absolute Gasteiger partial charge is 0.455 e. The molecule has 0 radical (unpaired) electrons. The van der Waals surface area contributed by atoms with Crippen LogP contribution in [0.4, 0.5) is 0 Å². The predicted molar refractivity (Wildman–Crippen MR) is 107 cm³/mol. The summed E-state index contributed by atoms with van der Waals surface area (Å²) < 4.78 is 30.9. The summed E-state index contributed by atoms with van der Waals surface area (Å²) in [7, 11) is -3.50. The lowest BCUT2D eigenvalue weighted by Crippen LogP contribution is -2.45. The standard InChI is InChI=1S/C22H27NO4S/c24-22(23(17-8-4-5-9-17)18-10-6-7-11-18)21-15-14-19(27-21)16-28(25,26)20-12-2-1-3-13-20/h1-3,12-15,17-18H,4-11,16H2. The molecular weight excluding hydrogens is 374 g/mol. The van der Waals surface area contributed by atoms with Crippen molar-refractivity contribution in [2.75, 3.05) is 0 Å². The number of hydrogen-bond acceptors (Lipinski definition) is 4. The summed E-state index contributed by atoms with van der Waals surface area (Å²) in [5.41, 5.74) is 0. The number of nitrogens with zero attached hydrogens (tertiary/aromatic N) is 1. The molecule has 2 aromatic rings. The van der Waals surface area contributed by atoms with Crippen molar-refractivity contribution in [3.63, 3.8) is 0 Å². The Hall–Kier alpha value is -2.08. The molecule has 28 heavy (non-hydrogen) atoms. The predicted octanol–water partition coefficient (Wildman–Crippen LogP) is 4.58. The molecule has 1 amide bonds. The smallest absolute Gasteiger partial charge is 0.290 e. The molecule has 2 aliphatic carbocycles. The Labute approximate surface area is 166 Å². The highest BCUT2D eigenvalue weighted by Gasteiger charge is 2.35. The summed E-state index contributed by atoms with van der Waals surface area (Å²) in [4.78, 5) is 15.6. The van der Waals surface area contributed by atoms with Gasteiger partial charge in [0.15, 0.2) is 15.6 Å². The van der Waals surface area contributed by atoms with E-state index < -0.39 is 9.84 Å². The molecule has 0 atom stereocenters. The molecule has 0 saturated heterocycles. The van der Waals surface area contributed by atoms with Crippen LogP contribution in [0.25, 0.3) is 0 Å². The van der Waals surface area contributed by atoms with Gasteiger partial charge in [0.2, 0.25) is 0 Å². The first-order valence-electron chi connectivity index (χ1n) is 10.2. The SMILES string of the molecule is O=C(c1ccc(CS(=O)(=O)c2ccccc2)o1)N(C1CCCC1)C1CCCC1. The molecule has 0 unspecified atom stereocenters. The molecule has 1 aromatic carbocycles. The first kappa shape index (κ1) is 19.2. The van der Waals surface area contributed by atoms with Gasteiger partial charge in [-0.05, 0) is 49.9 Å². The molecule has 0 N–H and O–H groups in total.